The van der Waals surface area contributed by atoms with E-state index in [9.17, 15) is 4.79 Å². The smallest absolute Gasteiger partial charge is 0.229 e. The number of hydrogen-bond donors (Lipinski definition) is 1. The van der Waals surface area contributed by atoms with E-state index in [4.69, 9.17) is 4.74 Å². The average Bonchev–Trinajstić information content (AvgIpc) is 3.07. The van der Waals surface area contributed by atoms with Crippen molar-refractivity contribution < 1.29 is 9.53 Å². The number of amides is 1. The minimum absolute atomic E-state index is 0. The Morgan fingerprint density at radius 2 is 2.00 bits per heavy atom. The van der Waals surface area contributed by atoms with Gasteiger partial charge in [0.1, 0.15) is 5.75 Å². The third kappa shape index (κ3) is 3.16. The Bertz CT molecular complexity index is 497. The number of carbonyl (C=O) groups is 1. The Labute approximate surface area is 132 Å². The van der Waals surface area contributed by atoms with Crippen molar-refractivity contribution >= 4 is 18.3 Å². The largest absolute Gasteiger partial charge is 0.497 e. The number of nitrogens with zero attached hydrogens (tertiary/aromatic N) is 1. The highest BCUT2D eigenvalue weighted by Crippen LogP contribution is 2.30. The lowest BCUT2D eigenvalue weighted by atomic mass is 9.99. The van der Waals surface area contributed by atoms with Crippen LogP contribution in [0.4, 0.5) is 0 Å². The highest BCUT2D eigenvalue weighted by molar-refractivity contribution is 5.85. The maximum atomic E-state index is 12.6. The monoisotopic (exact) mass is 310 g/mol. The van der Waals surface area contributed by atoms with Crippen molar-refractivity contribution in [2.45, 2.75) is 12.8 Å². The van der Waals surface area contributed by atoms with Gasteiger partial charge in [-0.1, -0.05) is 12.1 Å². The molecule has 2 aliphatic heterocycles. The van der Waals surface area contributed by atoms with Gasteiger partial charge in [0.25, 0.3) is 0 Å². The third-order valence-electron chi connectivity index (χ3n) is 4.67. The molecule has 0 saturated carbocycles. The Hall–Kier alpha value is -1.26. The molecule has 0 aromatic heterocycles. The molecule has 4 nitrogen and oxygen atoms in total. The number of nitrogens with one attached hydrogen (secondary N) is 1. The number of hydrogen-bond acceptors (Lipinski definition) is 3. The summed E-state index contributed by atoms with van der Waals surface area (Å²) in [6.45, 7) is 5.92. The SMILES string of the molecule is COc1cccc(C(C)C(=O)N2C[C@H]3CNC[C@H]3C2)c1.Cl. The van der Waals surface area contributed by atoms with E-state index in [2.05, 4.69) is 5.32 Å². The van der Waals surface area contributed by atoms with Crippen LogP contribution in [0.2, 0.25) is 0 Å². The van der Waals surface area contributed by atoms with Crippen molar-refractivity contribution in [3.05, 3.63) is 29.8 Å². The maximum absolute atomic E-state index is 12.6. The van der Waals surface area contributed by atoms with Crippen LogP contribution >= 0.6 is 12.4 Å². The van der Waals surface area contributed by atoms with Gasteiger partial charge in [0.2, 0.25) is 5.91 Å². The molecule has 21 heavy (non-hydrogen) atoms. The molecular formula is C16H23ClN2O2. The van der Waals surface area contributed by atoms with E-state index >= 15 is 0 Å². The van der Waals surface area contributed by atoms with Crippen LogP contribution in [0.15, 0.2) is 24.3 Å². The van der Waals surface area contributed by atoms with Crippen molar-refractivity contribution in [2.75, 3.05) is 33.3 Å². The Kier molecular flexibility index (Phi) is 5.12. The highest BCUT2D eigenvalue weighted by atomic mass is 35.5. The molecule has 2 saturated heterocycles. The van der Waals surface area contributed by atoms with Gasteiger partial charge in [-0.05, 0) is 36.5 Å². The summed E-state index contributed by atoms with van der Waals surface area (Å²) >= 11 is 0. The second-order valence-corrected chi connectivity index (χ2v) is 5.92. The lowest BCUT2D eigenvalue weighted by Gasteiger charge is -2.22. The zero-order chi connectivity index (χ0) is 14.1. The van der Waals surface area contributed by atoms with E-state index < -0.39 is 0 Å². The first-order valence-electron chi connectivity index (χ1n) is 7.32. The molecule has 1 aromatic rings. The van der Waals surface area contributed by atoms with Crippen molar-refractivity contribution in [1.82, 2.24) is 10.2 Å². The van der Waals surface area contributed by atoms with Gasteiger partial charge in [-0.2, -0.15) is 0 Å². The van der Waals surface area contributed by atoms with Crippen LogP contribution in [-0.2, 0) is 4.79 Å². The summed E-state index contributed by atoms with van der Waals surface area (Å²) < 4.78 is 5.24. The summed E-state index contributed by atoms with van der Waals surface area (Å²) in [5.41, 5.74) is 1.03. The van der Waals surface area contributed by atoms with E-state index in [0.717, 1.165) is 37.5 Å². The second kappa shape index (κ2) is 6.67. The third-order valence-corrected chi connectivity index (χ3v) is 4.67. The Morgan fingerprint density at radius 1 is 1.33 bits per heavy atom. The molecule has 0 spiro atoms. The van der Waals surface area contributed by atoms with E-state index in [0.29, 0.717) is 11.8 Å². The van der Waals surface area contributed by atoms with Crippen molar-refractivity contribution in [2.24, 2.45) is 11.8 Å². The molecule has 0 bridgehead atoms. The fourth-order valence-electron chi connectivity index (χ4n) is 3.36. The van der Waals surface area contributed by atoms with E-state index in [1.807, 2.05) is 36.1 Å². The zero-order valence-electron chi connectivity index (χ0n) is 12.5. The fourth-order valence-corrected chi connectivity index (χ4v) is 3.36. The number of methoxy groups -OCH3 is 1. The molecule has 1 aromatic carbocycles. The van der Waals surface area contributed by atoms with Gasteiger partial charge in [-0.3, -0.25) is 4.79 Å². The fraction of sp³-hybridized carbons (Fsp3) is 0.562. The second-order valence-electron chi connectivity index (χ2n) is 5.92. The molecule has 2 aliphatic rings. The number of ether oxygens (including phenoxy) is 1. The molecule has 2 heterocycles. The molecule has 1 N–H and O–H groups in total. The lowest BCUT2D eigenvalue weighted by molar-refractivity contribution is -0.131. The molecule has 1 unspecified atom stereocenters. The standard InChI is InChI=1S/C16H22N2O2.ClH/c1-11(12-4-3-5-15(6-12)20-2)16(19)18-9-13-7-17-8-14(13)10-18;/h3-6,11,13-14,17H,7-10H2,1-2H3;1H/t11?,13-,14+;. The summed E-state index contributed by atoms with van der Waals surface area (Å²) in [5.74, 6) is 2.25. The first-order chi connectivity index (χ1) is 9.69. The van der Waals surface area contributed by atoms with Gasteiger partial charge in [-0.25, -0.2) is 0 Å². The summed E-state index contributed by atoms with van der Waals surface area (Å²) in [4.78, 5) is 14.7. The number of fused-ring (bicyclic) bond motifs is 1. The minimum atomic E-state index is -0.100. The van der Waals surface area contributed by atoms with Gasteiger partial charge >= 0.3 is 0 Å². The van der Waals surface area contributed by atoms with Gasteiger partial charge < -0.3 is 15.0 Å². The Morgan fingerprint density at radius 3 is 2.62 bits per heavy atom. The average molecular weight is 311 g/mol. The van der Waals surface area contributed by atoms with Crippen LogP contribution in [0.5, 0.6) is 5.75 Å². The molecule has 3 atom stereocenters. The Balaban J connectivity index is 0.00000161. The van der Waals surface area contributed by atoms with Crippen LogP contribution in [-0.4, -0.2) is 44.1 Å². The summed E-state index contributed by atoms with van der Waals surface area (Å²) in [6, 6.07) is 7.82. The molecule has 116 valence electrons. The van der Waals surface area contributed by atoms with Crippen LogP contribution in [0, 0.1) is 11.8 Å². The van der Waals surface area contributed by atoms with Gasteiger partial charge in [0.15, 0.2) is 0 Å². The number of likely N-dealkylation sites (tertiary alicyclic amines) is 1. The first kappa shape index (κ1) is 16.1. The van der Waals surface area contributed by atoms with Crippen molar-refractivity contribution in [3.8, 4) is 5.75 Å². The van der Waals surface area contributed by atoms with Crippen LogP contribution in [0.25, 0.3) is 0 Å². The highest BCUT2D eigenvalue weighted by Gasteiger charge is 2.39. The lowest BCUT2D eigenvalue weighted by Crippen LogP contribution is -2.34. The predicted molar refractivity (Wildman–Crippen MR) is 85.1 cm³/mol. The van der Waals surface area contributed by atoms with Crippen LogP contribution < -0.4 is 10.1 Å². The van der Waals surface area contributed by atoms with Gasteiger partial charge in [-0.15, -0.1) is 12.4 Å². The molecule has 3 rings (SSSR count). The summed E-state index contributed by atoms with van der Waals surface area (Å²) in [7, 11) is 1.65. The van der Waals surface area contributed by atoms with Gasteiger partial charge in [0.05, 0.1) is 13.0 Å². The molecular weight excluding hydrogens is 288 g/mol. The van der Waals surface area contributed by atoms with Crippen LogP contribution in [0.3, 0.4) is 0 Å². The van der Waals surface area contributed by atoms with E-state index in [1.54, 1.807) is 7.11 Å². The summed E-state index contributed by atoms with van der Waals surface area (Å²) in [5, 5.41) is 3.41. The zero-order valence-corrected chi connectivity index (χ0v) is 13.4. The normalized spacial score (nSPS) is 25.1. The van der Waals surface area contributed by atoms with E-state index in [1.165, 1.54) is 0 Å². The maximum Gasteiger partial charge on any atom is 0.229 e. The topological polar surface area (TPSA) is 41.6 Å². The molecule has 5 heteroatoms. The number of carbonyl (C=O) groups excluding carboxylic acids is 1. The number of rotatable bonds is 3. The molecule has 0 aliphatic carbocycles. The molecule has 1 amide bonds. The quantitative estimate of drug-likeness (QED) is 0.927. The van der Waals surface area contributed by atoms with E-state index in [-0.39, 0.29) is 24.2 Å². The number of benzene rings is 1. The van der Waals surface area contributed by atoms with Crippen molar-refractivity contribution in [3.63, 3.8) is 0 Å². The first-order valence-corrected chi connectivity index (χ1v) is 7.32. The number of halogens is 1. The van der Waals surface area contributed by atoms with Gasteiger partial charge in [0, 0.05) is 26.2 Å². The summed E-state index contributed by atoms with van der Waals surface area (Å²) in [6.07, 6.45) is 0. The minimum Gasteiger partial charge on any atom is -0.497 e. The molecule has 0 radical (unpaired) electrons. The predicted octanol–water partition coefficient (Wildman–Crippen LogP) is 1.90. The van der Waals surface area contributed by atoms with Crippen molar-refractivity contribution in [1.29, 1.82) is 0 Å². The molecule has 2 fully saturated rings. The van der Waals surface area contributed by atoms with Crippen LogP contribution in [0.1, 0.15) is 18.4 Å².